The summed E-state index contributed by atoms with van der Waals surface area (Å²) >= 11 is 0. The normalized spacial score (nSPS) is 20.5. The highest BCUT2D eigenvalue weighted by Crippen LogP contribution is 2.48. The number of amides is 2. The number of alkyl carbamates (subject to hydrolysis) is 1. The third-order valence-electron chi connectivity index (χ3n) is 7.27. The fourth-order valence-corrected chi connectivity index (χ4v) is 5.24. The summed E-state index contributed by atoms with van der Waals surface area (Å²) in [6.45, 7) is 0.849. The van der Waals surface area contributed by atoms with Gasteiger partial charge in [0.1, 0.15) is 12.6 Å². The van der Waals surface area contributed by atoms with Gasteiger partial charge in [-0.15, -0.1) is 0 Å². The molecule has 7 heteroatoms. The van der Waals surface area contributed by atoms with Crippen LogP contribution in [0.25, 0.3) is 11.1 Å². The summed E-state index contributed by atoms with van der Waals surface area (Å²) in [5.41, 5.74) is 3.92. The first-order valence-corrected chi connectivity index (χ1v) is 11.6. The lowest BCUT2D eigenvalue weighted by Crippen LogP contribution is -2.52. The van der Waals surface area contributed by atoms with Gasteiger partial charge in [-0.1, -0.05) is 48.5 Å². The molecule has 2 amide bonds. The van der Waals surface area contributed by atoms with Crippen molar-refractivity contribution in [2.75, 3.05) is 19.7 Å². The Hall–Kier alpha value is -3.35. The zero-order valence-corrected chi connectivity index (χ0v) is 18.5. The first kappa shape index (κ1) is 21.5. The van der Waals surface area contributed by atoms with Crippen LogP contribution in [0.5, 0.6) is 0 Å². The van der Waals surface area contributed by atoms with Crippen LogP contribution in [0.1, 0.15) is 49.1 Å². The van der Waals surface area contributed by atoms with Crippen molar-refractivity contribution in [3.05, 3.63) is 59.7 Å². The van der Waals surface area contributed by atoms with Gasteiger partial charge >= 0.3 is 12.1 Å². The first-order chi connectivity index (χ1) is 16.0. The van der Waals surface area contributed by atoms with Gasteiger partial charge in [-0.2, -0.15) is 0 Å². The second kappa shape index (κ2) is 8.54. The maximum absolute atomic E-state index is 13.1. The zero-order chi connectivity index (χ0) is 23.0. The number of ether oxygens (including phenoxy) is 1. The zero-order valence-electron chi connectivity index (χ0n) is 18.5. The number of carbonyl (C=O) groups excluding carboxylic acids is 2. The van der Waals surface area contributed by atoms with E-state index in [4.69, 9.17) is 4.74 Å². The van der Waals surface area contributed by atoms with Crippen LogP contribution < -0.4 is 5.32 Å². The minimum absolute atomic E-state index is 0.0238. The molecule has 3 aliphatic rings. The van der Waals surface area contributed by atoms with Crippen molar-refractivity contribution in [3.63, 3.8) is 0 Å². The van der Waals surface area contributed by atoms with E-state index in [1.165, 1.54) is 16.0 Å². The van der Waals surface area contributed by atoms with E-state index in [9.17, 15) is 19.5 Å². The molecule has 1 atom stereocenters. The molecule has 33 heavy (non-hydrogen) atoms. The van der Waals surface area contributed by atoms with Crippen LogP contribution in [0.4, 0.5) is 4.79 Å². The largest absolute Gasteiger partial charge is 0.480 e. The number of hydrogen-bond acceptors (Lipinski definition) is 4. The van der Waals surface area contributed by atoms with Gasteiger partial charge in [-0.3, -0.25) is 4.79 Å². The van der Waals surface area contributed by atoms with E-state index in [0.29, 0.717) is 25.8 Å². The molecule has 2 fully saturated rings. The molecule has 2 aliphatic carbocycles. The number of benzene rings is 2. The van der Waals surface area contributed by atoms with E-state index in [1.807, 2.05) is 24.3 Å². The van der Waals surface area contributed by atoms with Gasteiger partial charge in [0.05, 0.1) is 5.41 Å². The molecule has 1 unspecified atom stereocenters. The number of hydrogen-bond donors (Lipinski definition) is 2. The van der Waals surface area contributed by atoms with Crippen molar-refractivity contribution in [2.45, 2.75) is 44.1 Å². The van der Waals surface area contributed by atoms with Crippen LogP contribution in [0.15, 0.2) is 48.5 Å². The number of carbonyl (C=O) groups is 3. The van der Waals surface area contributed by atoms with Gasteiger partial charge in [0.25, 0.3) is 0 Å². The lowest BCUT2D eigenvalue weighted by Gasteiger charge is -2.35. The summed E-state index contributed by atoms with van der Waals surface area (Å²) < 4.78 is 5.58. The third kappa shape index (κ3) is 3.96. The highest BCUT2D eigenvalue weighted by molar-refractivity contribution is 5.90. The molecule has 0 radical (unpaired) electrons. The highest BCUT2D eigenvalue weighted by atomic mass is 16.5. The fraction of sp³-hybridized carbons (Fsp3) is 0.423. The maximum atomic E-state index is 13.1. The predicted molar refractivity (Wildman–Crippen MR) is 122 cm³/mol. The van der Waals surface area contributed by atoms with Gasteiger partial charge in [0.15, 0.2) is 0 Å². The lowest BCUT2D eigenvalue weighted by atomic mass is 9.97. The molecule has 1 heterocycles. The van der Waals surface area contributed by atoms with E-state index in [2.05, 4.69) is 29.6 Å². The van der Waals surface area contributed by atoms with Crippen LogP contribution in [-0.4, -0.2) is 53.7 Å². The minimum Gasteiger partial charge on any atom is -0.480 e. The van der Waals surface area contributed by atoms with Crippen LogP contribution in [0.2, 0.25) is 0 Å². The van der Waals surface area contributed by atoms with E-state index in [0.717, 1.165) is 24.0 Å². The Morgan fingerprint density at radius 3 is 2.24 bits per heavy atom. The Labute approximate surface area is 192 Å². The second-order valence-corrected chi connectivity index (χ2v) is 9.31. The van der Waals surface area contributed by atoms with Crippen molar-refractivity contribution in [2.24, 2.45) is 5.41 Å². The molecule has 0 spiro atoms. The molecule has 2 aromatic carbocycles. The number of carboxylic acids is 1. The second-order valence-electron chi connectivity index (χ2n) is 9.31. The van der Waals surface area contributed by atoms with E-state index in [-0.39, 0.29) is 25.0 Å². The summed E-state index contributed by atoms with van der Waals surface area (Å²) in [4.78, 5) is 38.7. The lowest BCUT2D eigenvalue weighted by molar-refractivity contribution is -0.154. The quantitative estimate of drug-likeness (QED) is 0.701. The molecular weight excluding hydrogens is 420 g/mol. The van der Waals surface area contributed by atoms with Gasteiger partial charge < -0.3 is 20.1 Å². The minimum atomic E-state index is -0.955. The molecule has 0 bridgehead atoms. The Morgan fingerprint density at radius 1 is 1.00 bits per heavy atom. The molecule has 5 rings (SSSR count). The van der Waals surface area contributed by atoms with Gasteiger partial charge in [-0.25, -0.2) is 9.59 Å². The SMILES string of the molecule is O=C(NCC1(C(=O)N2CCCCC2C(=O)O)CC1)OCC1c2ccccc2-c2ccccc21. The molecule has 172 valence electrons. The molecule has 0 aromatic heterocycles. The number of piperidine rings is 1. The third-order valence-corrected chi connectivity index (χ3v) is 7.27. The molecule has 1 saturated heterocycles. The highest BCUT2D eigenvalue weighted by Gasteiger charge is 2.53. The summed E-state index contributed by atoms with van der Waals surface area (Å²) in [7, 11) is 0. The maximum Gasteiger partial charge on any atom is 0.407 e. The molecule has 7 nitrogen and oxygen atoms in total. The van der Waals surface area contributed by atoms with Crippen molar-refractivity contribution in [1.29, 1.82) is 0 Å². The van der Waals surface area contributed by atoms with Gasteiger partial charge in [0.2, 0.25) is 5.91 Å². The van der Waals surface area contributed by atoms with Gasteiger partial charge in [0, 0.05) is 19.0 Å². The van der Waals surface area contributed by atoms with Crippen LogP contribution in [0.3, 0.4) is 0 Å². The number of rotatable bonds is 6. The van der Waals surface area contributed by atoms with Crippen molar-refractivity contribution >= 4 is 18.0 Å². The van der Waals surface area contributed by atoms with E-state index < -0.39 is 23.5 Å². The standard InChI is InChI=1S/C26H28N2O5/c29-23(30)22-11-5-6-14-28(22)24(31)26(12-13-26)16-27-25(32)33-15-21-19-9-3-1-7-17(19)18-8-2-4-10-20(18)21/h1-4,7-10,21-22H,5-6,11-16H2,(H,27,32)(H,29,30). The molecule has 1 aliphatic heterocycles. The number of likely N-dealkylation sites (tertiary alicyclic amines) is 1. The smallest absolute Gasteiger partial charge is 0.407 e. The Kier molecular flexibility index (Phi) is 5.56. The summed E-state index contributed by atoms with van der Waals surface area (Å²) in [6, 6.07) is 15.5. The monoisotopic (exact) mass is 448 g/mol. The fourth-order valence-electron chi connectivity index (χ4n) is 5.24. The molecule has 1 saturated carbocycles. The Bertz CT molecular complexity index is 1050. The van der Waals surface area contributed by atoms with Crippen molar-refractivity contribution < 1.29 is 24.2 Å². The predicted octanol–water partition coefficient (Wildman–Crippen LogP) is 3.77. The van der Waals surface area contributed by atoms with Crippen molar-refractivity contribution in [1.82, 2.24) is 10.2 Å². The average molecular weight is 449 g/mol. The molecule has 2 aromatic rings. The Balaban J connectivity index is 1.20. The number of nitrogens with zero attached hydrogens (tertiary/aromatic N) is 1. The number of carboxylic acid groups (broad SMARTS) is 1. The van der Waals surface area contributed by atoms with Crippen molar-refractivity contribution in [3.8, 4) is 11.1 Å². The van der Waals surface area contributed by atoms with Gasteiger partial charge in [-0.05, 0) is 54.4 Å². The van der Waals surface area contributed by atoms with Crippen LogP contribution >= 0.6 is 0 Å². The van der Waals surface area contributed by atoms with Crippen LogP contribution in [0, 0.1) is 5.41 Å². The number of aliphatic carboxylic acids is 1. The average Bonchev–Trinajstić information content (AvgIpc) is 3.57. The summed E-state index contributed by atoms with van der Waals surface area (Å²) in [5, 5.41) is 12.3. The summed E-state index contributed by atoms with van der Waals surface area (Å²) in [6.07, 6.45) is 2.86. The molecular formula is C26H28N2O5. The molecule has 2 N–H and O–H groups in total. The summed E-state index contributed by atoms with van der Waals surface area (Å²) in [5.74, 6) is -1.14. The topological polar surface area (TPSA) is 95.9 Å². The number of nitrogens with one attached hydrogen (secondary N) is 1. The first-order valence-electron chi connectivity index (χ1n) is 11.6. The Morgan fingerprint density at radius 2 is 1.64 bits per heavy atom. The van der Waals surface area contributed by atoms with E-state index in [1.54, 1.807) is 0 Å². The number of fused-ring (bicyclic) bond motifs is 3. The van der Waals surface area contributed by atoms with Crippen LogP contribution in [-0.2, 0) is 14.3 Å². The van der Waals surface area contributed by atoms with E-state index >= 15 is 0 Å².